The van der Waals surface area contributed by atoms with E-state index in [0.717, 1.165) is 6.42 Å². The number of nitro groups is 1. The lowest BCUT2D eigenvalue weighted by molar-refractivity contribution is -0.387. The van der Waals surface area contributed by atoms with E-state index in [1.807, 2.05) is 6.92 Å². The minimum absolute atomic E-state index is 0.0875. The number of carbonyl (C=O) groups is 1. The van der Waals surface area contributed by atoms with Gasteiger partial charge in [0.25, 0.3) is 11.6 Å². The van der Waals surface area contributed by atoms with Crippen molar-refractivity contribution < 1.29 is 14.8 Å². The molecule has 0 saturated carbocycles. The number of nitrogens with one attached hydrogen (secondary N) is 1. The number of hydrogen-bond acceptors (Lipinski definition) is 5. The fourth-order valence-corrected chi connectivity index (χ4v) is 2.52. The number of rotatable bonds is 7. The summed E-state index contributed by atoms with van der Waals surface area (Å²) in [5, 5.41) is 23.6. The van der Waals surface area contributed by atoms with Crippen molar-refractivity contribution in [2.75, 3.05) is 12.8 Å². The van der Waals surface area contributed by atoms with E-state index in [9.17, 15) is 20.0 Å². The summed E-state index contributed by atoms with van der Waals surface area (Å²) in [5.74, 6) is -0.429. The summed E-state index contributed by atoms with van der Waals surface area (Å²) in [5.41, 5.74) is -0.850. The Morgan fingerprint density at radius 3 is 2.71 bits per heavy atom. The molecule has 116 valence electrons. The molecule has 1 unspecified atom stereocenters. The van der Waals surface area contributed by atoms with E-state index in [2.05, 4.69) is 5.32 Å². The van der Waals surface area contributed by atoms with Gasteiger partial charge < -0.3 is 10.4 Å². The van der Waals surface area contributed by atoms with Crippen molar-refractivity contribution in [1.82, 2.24) is 5.32 Å². The van der Waals surface area contributed by atoms with Gasteiger partial charge in [-0.05, 0) is 31.7 Å². The van der Waals surface area contributed by atoms with Crippen LogP contribution in [0.15, 0.2) is 23.1 Å². The Kier molecular flexibility index (Phi) is 6.17. The zero-order valence-electron chi connectivity index (χ0n) is 12.4. The minimum atomic E-state index is -0.977. The highest BCUT2D eigenvalue weighted by molar-refractivity contribution is 7.98. The van der Waals surface area contributed by atoms with Crippen molar-refractivity contribution in [1.29, 1.82) is 0 Å². The average molecular weight is 312 g/mol. The van der Waals surface area contributed by atoms with E-state index < -0.39 is 16.4 Å². The molecule has 7 heteroatoms. The van der Waals surface area contributed by atoms with E-state index in [4.69, 9.17) is 0 Å². The molecule has 0 aliphatic heterocycles. The van der Waals surface area contributed by atoms with Crippen LogP contribution in [0.4, 0.5) is 5.69 Å². The maximum absolute atomic E-state index is 12.0. The van der Waals surface area contributed by atoms with Crippen molar-refractivity contribution >= 4 is 23.4 Å². The van der Waals surface area contributed by atoms with E-state index >= 15 is 0 Å². The third-order valence-corrected chi connectivity index (χ3v) is 3.84. The van der Waals surface area contributed by atoms with Gasteiger partial charge in [-0.15, -0.1) is 11.8 Å². The summed E-state index contributed by atoms with van der Waals surface area (Å²) >= 11 is 1.26. The van der Waals surface area contributed by atoms with Crippen molar-refractivity contribution in [2.45, 2.75) is 37.2 Å². The molecule has 6 nitrogen and oxygen atoms in total. The average Bonchev–Trinajstić information content (AvgIpc) is 2.44. The fourth-order valence-electron chi connectivity index (χ4n) is 1.97. The molecular weight excluding hydrogens is 292 g/mol. The summed E-state index contributed by atoms with van der Waals surface area (Å²) < 4.78 is 0. The Morgan fingerprint density at radius 2 is 2.19 bits per heavy atom. The monoisotopic (exact) mass is 312 g/mol. The molecule has 0 aliphatic carbocycles. The summed E-state index contributed by atoms with van der Waals surface area (Å²) in [6.45, 7) is 3.70. The number of benzene rings is 1. The van der Waals surface area contributed by atoms with Gasteiger partial charge in [0.1, 0.15) is 0 Å². The lowest BCUT2D eigenvalue weighted by Crippen LogP contribution is -2.40. The molecule has 2 N–H and O–H groups in total. The minimum Gasteiger partial charge on any atom is -0.388 e. The summed E-state index contributed by atoms with van der Waals surface area (Å²) in [7, 11) is 0. The SMILES string of the molecule is CCCC(C)(O)CNC(=O)c1ccc(SC)c([N+](=O)[O-])c1. The van der Waals surface area contributed by atoms with Gasteiger partial charge >= 0.3 is 0 Å². The van der Waals surface area contributed by atoms with Gasteiger partial charge in [0.05, 0.1) is 15.4 Å². The van der Waals surface area contributed by atoms with Gasteiger partial charge in [0.15, 0.2) is 0 Å². The molecular formula is C14H20N2O4S. The number of nitro benzene ring substituents is 1. The first-order valence-electron chi connectivity index (χ1n) is 6.63. The van der Waals surface area contributed by atoms with Gasteiger partial charge in [0, 0.05) is 18.2 Å². The van der Waals surface area contributed by atoms with Gasteiger partial charge in [-0.3, -0.25) is 14.9 Å². The number of thioether (sulfide) groups is 1. The number of nitrogens with zero attached hydrogens (tertiary/aromatic N) is 1. The van der Waals surface area contributed by atoms with Crippen LogP contribution < -0.4 is 5.32 Å². The molecule has 0 fully saturated rings. The first-order valence-corrected chi connectivity index (χ1v) is 7.86. The highest BCUT2D eigenvalue weighted by Crippen LogP contribution is 2.28. The molecule has 0 radical (unpaired) electrons. The molecule has 1 aromatic rings. The molecule has 1 rings (SSSR count). The molecule has 0 aliphatic rings. The molecule has 1 aromatic carbocycles. The van der Waals surface area contributed by atoms with Crippen LogP contribution in [-0.2, 0) is 0 Å². The second-order valence-electron chi connectivity index (χ2n) is 5.07. The van der Waals surface area contributed by atoms with Crippen LogP contribution in [0.5, 0.6) is 0 Å². The Hall–Kier alpha value is -1.60. The third kappa shape index (κ3) is 5.02. The summed E-state index contributed by atoms with van der Waals surface area (Å²) in [6.07, 6.45) is 3.11. The maximum atomic E-state index is 12.0. The lowest BCUT2D eigenvalue weighted by atomic mass is 10.0. The van der Waals surface area contributed by atoms with Crippen LogP contribution in [0.25, 0.3) is 0 Å². The van der Waals surface area contributed by atoms with Gasteiger partial charge in [-0.1, -0.05) is 13.3 Å². The van der Waals surface area contributed by atoms with Gasteiger partial charge in [0.2, 0.25) is 0 Å². The lowest BCUT2D eigenvalue weighted by Gasteiger charge is -2.22. The summed E-state index contributed by atoms with van der Waals surface area (Å²) in [4.78, 5) is 23.0. The van der Waals surface area contributed by atoms with Crippen LogP contribution in [0.3, 0.4) is 0 Å². The van der Waals surface area contributed by atoms with Crippen molar-refractivity contribution in [2.24, 2.45) is 0 Å². The standard InChI is InChI=1S/C14H20N2O4S/c1-4-7-14(2,18)9-15-13(17)10-5-6-12(21-3)11(8-10)16(19)20/h5-6,8,18H,4,7,9H2,1-3H3,(H,15,17). The van der Waals surface area contributed by atoms with Crippen molar-refractivity contribution in [3.63, 3.8) is 0 Å². The zero-order valence-corrected chi connectivity index (χ0v) is 13.2. The van der Waals surface area contributed by atoms with Crippen molar-refractivity contribution in [3.05, 3.63) is 33.9 Å². The highest BCUT2D eigenvalue weighted by Gasteiger charge is 2.21. The molecule has 1 amide bonds. The maximum Gasteiger partial charge on any atom is 0.283 e. The molecule has 1 atom stereocenters. The normalized spacial score (nSPS) is 13.5. The van der Waals surface area contributed by atoms with Crippen LogP contribution in [0.2, 0.25) is 0 Å². The summed E-state index contributed by atoms with van der Waals surface area (Å²) in [6, 6.07) is 4.36. The van der Waals surface area contributed by atoms with Gasteiger partial charge in [-0.2, -0.15) is 0 Å². The van der Waals surface area contributed by atoms with Crippen LogP contribution in [-0.4, -0.2) is 34.3 Å². The van der Waals surface area contributed by atoms with Gasteiger partial charge in [-0.25, -0.2) is 0 Å². The third-order valence-electron chi connectivity index (χ3n) is 3.06. The Bertz CT molecular complexity index is 532. The van der Waals surface area contributed by atoms with Crippen LogP contribution in [0.1, 0.15) is 37.0 Å². The zero-order chi connectivity index (χ0) is 16.0. The first-order chi connectivity index (χ1) is 9.80. The Morgan fingerprint density at radius 1 is 1.52 bits per heavy atom. The van der Waals surface area contributed by atoms with Crippen LogP contribution >= 0.6 is 11.8 Å². The predicted molar refractivity (Wildman–Crippen MR) is 82.7 cm³/mol. The number of amides is 1. The molecule has 0 spiro atoms. The van der Waals surface area contributed by atoms with E-state index in [1.54, 1.807) is 25.3 Å². The largest absolute Gasteiger partial charge is 0.388 e. The highest BCUT2D eigenvalue weighted by atomic mass is 32.2. The number of aliphatic hydroxyl groups is 1. The van der Waals surface area contributed by atoms with E-state index in [-0.39, 0.29) is 17.8 Å². The molecule has 0 heterocycles. The molecule has 0 saturated heterocycles. The Balaban J connectivity index is 2.84. The van der Waals surface area contributed by atoms with E-state index in [0.29, 0.717) is 11.3 Å². The number of hydrogen-bond donors (Lipinski definition) is 2. The molecule has 0 aromatic heterocycles. The van der Waals surface area contributed by atoms with Crippen molar-refractivity contribution in [3.8, 4) is 0 Å². The predicted octanol–water partition coefficient (Wildman–Crippen LogP) is 2.60. The topological polar surface area (TPSA) is 92.5 Å². The Labute approximate surface area is 128 Å². The molecule has 0 bridgehead atoms. The second kappa shape index (κ2) is 7.42. The molecule has 21 heavy (non-hydrogen) atoms. The first kappa shape index (κ1) is 17.5. The van der Waals surface area contributed by atoms with E-state index in [1.165, 1.54) is 17.8 Å². The number of carbonyl (C=O) groups excluding carboxylic acids is 1. The quantitative estimate of drug-likeness (QED) is 0.458. The fraction of sp³-hybridized carbons (Fsp3) is 0.500. The van der Waals surface area contributed by atoms with Crippen LogP contribution in [0, 0.1) is 10.1 Å². The second-order valence-corrected chi connectivity index (χ2v) is 5.92. The smallest absolute Gasteiger partial charge is 0.283 e.